The molecular formula is C11H23N3O. The van der Waals surface area contributed by atoms with Gasteiger partial charge in [-0.05, 0) is 45.8 Å². The topological polar surface area (TPSA) is 58.4 Å². The summed E-state index contributed by atoms with van der Waals surface area (Å²) in [6.45, 7) is 6.00. The third-order valence-electron chi connectivity index (χ3n) is 2.81. The molecule has 0 spiro atoms. The van der Waals surface area contributed by atoms with Crippen LogP contribution in [0.1, 0.15) is 32.6 Å². The Balaban J connectivity index is 1.98. The molecule has 0 bridgehead atoms. The highest BCUT2D eigenvalue weighted by molar-refractivity contribution is 5.80. The molecule has 0 aromatic rings. The number of nitrogens with one attached hydrogen (secondary N) is 1. The highest BCUT2D eigenvalue weighted by Crippen LogP contribution is 2.08. The fourth-order valence-corrected chi connectivity index (χ4v) is 1.86. The van der Waals surface area contributed by atoms with Crippen molar-refractivity contribution in [3.63, 3.8) is 0 Å². The molecule has 3 N–H and O–H groups in total. The van der Waals surface area contributed by atoms with Crippen molar-refractivity contribution in [3.05, 3.63) is 0 Å². The molecule has 4 heteroatoms. The van der Waals surface area contributed by atoms with Gasteiger partial charge in [0, 0.05) is 6.54 Å². The van der Waals surface area contributed by atoms with E-state index in [1.807, 2.05) is 0 Å². The SMILES string of the molecule is CC(N)C(=O)NCCCN1CCCCC1. The van der Waals surface area contributed by atoms with E-state index in [9.17, 15) is 4.79 Å². The van der Waals surface area contributed by atoms with E-state index in [0.29, 0.717) is 0 Å². The first kappa shape index (κ1) is 12.5. The number of nitrogens with two attached hydrogens (primary N) is 1. The Hall–Kier alpha value is -0.610. The van der Waals surface area contributed by atoms with E-state index in [-0.39, 0.29) is 11.9 Å². The van der Waals surface area contributed by atoms with Crippen LogP contribution in [0.3, 0.4) is 0 Å². The third-order valence-corrected chi connectivity index (χ3v) is 2.81. The molecule has 1 atom stereocenters. The predicted octanol–water partition coefficient (Wildman–Crippen LogP) is 0.326. The van der Waals surface area contributed by atoms with E-state index in [1.54, 1.807) is 6.92 Å². The van der Waals surface area contributed by atoms with Gasteiger partial charge >= 0.3 is 0 Å². The number of carbonyl (C=O) groups excluding carboxylic acids is 1. The zero-order valence-corrected chi connectivity index (χ0v) is 9.67. The molecule has 4 nitrogen and oxygen atoms in total. The van der Waals surface area contributed by atoms with Gasteiger partial charge < -0.3 is 16.0 Å². The zero-order valence-electron chi connectivity index (χ0n) is 9.67. The molecule has 88 valence electrons. The minimum atomic E-state index is -0.389. The van der Waals surface area contributed by atoms with Crippen molar-refractivity contribution >= 4 is 5.91 Å². The van der Waals surface area contributed by atoms with Crippen LogP contribution in [0.15, 0.2) is 0 Å². The van der Waals surface area contributed by atoms with Crippen LogP contribution in [0.5, 0.6) is 0 Å². The van der Waals surface area contributed by atoms with Gasteiger partial charge in [-0.3, -0.25) is 4.79 Å². The van der Waals surface area contributed by atoms with Crippen LogP contribution in [-0.4, -0.2) is 43.0 Å². The number of hydrogen-bond acceptors (Lipinski definition) is 3. The molecule has 1 aliphatic rings. The lowest BCUT2D eigenvalue weighted by Crippen LogP contribution is -2.40. The second kappa shape index (κ2) is 6.80. The second-order valence-corrected chi connectivity index (χ2v) is 4.34. The zero-order chi connectivity index (χ0) is 11.1. The summed E-state index contributed by atoms with van der Waals surface area (Å²) in [6, 6.07) is -0.389. The Labute approximate surface area is 92.2 Å². The number of rotatable bonds is 5. The average molecular weight is 213 g/mol. The van der Waals surface area contributed by atoms with Crippen LogP contribution in [0.4, 0.5) is 0 Å². The standard InChI is InChI=1S/C11H23N3O/c1-10(12)11(15)13-6-5-9-14-7-3-2-4-8-14/h10H,2-9,12H2,1H3,(H,13,15). The van der Waals surface area contributed by atoms with Crippen molar-refractivity contribution in [2.45, 2.75) is 38.6 Å². The van der Waals surface area contributed by atoms with E-state index in [1.165, 1.54) is 32.4 Å². The van der Waals surface area contributed by atoms with Crippen molar-refractivity contribution < 1.29 is 4.79 Å². The van der Waals surface area contributed by atoms with Crippen LogP contribution < -0.4 is 11.1 Å². The monoisotopic (exact) mass is 213 g/mol. The molecule has 1 aliphatic heterocycles. The van der Waals surface area contributed by atoms with Crippen molar-refractivity contribution in [2.24, 2.45) is 5.73 Å². The highest BCUT2D eigenvalue weighted by atomic mass is 16.2. The van der Waals surface area contributed by atoms with Gasteiger partial charge in [0.05, 0.1) is 6.04 Å². The van der Waals surface area contributed by atoms with Crippen LogP contribution >= 0.6 is 0 Å². The Morgan fingerprint density at radius 3 is 2.67 bits per heavy atom. The Morgan fingerprint density at radius 1 is 1.40 bits per heavy atom. The van der Waals surface area contributed by atoms with Crippen molar-refractivity contribution in [2.75, 3.05) is 26.2 Å². The first-order chi connectivity index (χ1) is 7.20. The summed E-state index contributed by atoms with van der Waals surface area (Å²) in [5, 5.41) is 2.83. The maximum Gasteiger partial charge on any atom is 0.236 e. The second-order valence-electron chi connectivity index (χ2n) is 4.34. The van der Waals surface area contributed by atoms with Gasteiger partial charge in [0.15, 0.2) is 0 Å². The highest BCUT2D eigenvalue weighted by Gasteiger charge is 2.10. The van der Waals surface area contributed by atoms with Gasteiger partial charge in [0.2, 0.25) is 5.91 Å². The smallest absolute Gasteiger partial charge is 0.236 e. The summed E-state index contributed by atoms with van der Waals surface area (Å²) in [4.78, 5) is 13.6. The Bertz CT molecular complexity index is 188. The van der Waals surface area contributed by atoms with Gasteiger partial charge in [-0.25, -0.2) is 0 Å². The maximum absolute atomic E-state index is 11.1. The molecule has 1 amide bonds. The molecule has 1 heterocycles. The molecule has 0 saturated carbocycles. The van der Waals surface area contributed by atoms with Gasteiger partial charge in [0.25, 0.3) is 0 Å². The fourth-order valence-electron chi connectivity index (χ4n) is 1.86. The fraction of sp³-hybridized carbons (Fsp3) is 0.909. The number of hydrogen-bond donors (Lipinski definition) is 2. The van der Waals surface area contributed by atoms with Crippen molar-refractivity contribution in [3.8, 4) is 0 Å². The van der Waals surface area contributed by atoms with Gasteiger partial charge in [-0.15, -0.1) is 0 Å². The molecule has 1 unspecified atom stereocenters. The lowest BCUT2D eigenvalue weighted by Gasteiger charge is -2.26. The van der Waals surface area contributed by atoms with E-state index >= 15 is 0 Å². The van der Waals surface area contributed by atoms with Crippen LogP contribution in [0, 0.1) is 0 Å². The summed E-state index contributed by atoms with van der Waals surface area (Å²) in [6.07, 6.45) is 5.05. The largest absolute Gasteiger partial charge is 0.355 e. The molecule has 1 fully saturated rings. The lowest BCUT2D eigenvalue weighted by molar-refractivity contribution is -0.121. The lowest BCUT2D eigenvalue weighted by atomic mass is 10.1. The quantitative estimate of drug-likeness (QED) is 0.647. The minimum Gasteiger partial charge on any atom is -0.355 e. The van der Waals surface area contributed by atoms with E-state index in [4.69, 9.17) is 5.73 Å². The van der Waals surface area contributed by atoms with Crippen LogP contribution in [0.2, 0.25) is 0 Å². The normalized spacial score (nSPS) is 19.9. The number of amides is 1. The van der Waals surface area contributed by atoms with Gasteiger partial charge in [-0.1, -0.05) is 6.42 Å². The van der Waals surface area contributed by atoms with E-state index < -0.39 is 0 Å². The molecule has 1 saturated heterocycles. The molecule has 0 aromatic carbocycles. The average Bonchev–Trinajstić information content (AvgIpc) is 2.25. The van der Waals surface area contributed by atoms with Gasteiger partial charge in [0.1, 0.15) is 0 Å². The molecule has 0 radical (unpaired) electrons. The first-order valence-electron chi connectivity index (χ1n) is 5.96. The summed E-state index contributed by atoms with van der Waals surface area (Å²) < 4.78 is 0. The van der Waals surface area contributed by atoms with Crippen molar-refractivity contribution in [1.29, 1.82) is 0 Å². The molecule has 1 rings (SSSR count). The maximum atomic E-state index is 11.1. The Morgan fingerprint density at radius 2 is 2.07 bits per heavy atom. The number of piperidine rings is 1. The van der Waals surface area contributed by atoms with E-state index in [2.05, 4.69) is 10.2 Å². The third kappa shape index (κ3) is 5.14. The molecule has 15 heavy (non-hydrogen) atoms. The number of carbonyl (C=O) groups is 1. The number of nitrogens with zero attached hydrogens (tertiary/aromatic N) is 1. The first-order valence-corrected chi connectivity index (χ1v) is 5.96. The molecule has 0 aliphatic carbocycles. The summed E-state index contributed by atoms with van der Waals surface area (Å²) in [7, 11) is 0. The summed E-state index contributed by atoms with van der Waals surface area (Å²) >= 11 is 0. The van der Waals surface area contributed by atoms with Crippen molar-refractivity contribution in [1.82, 2.24) is 10.2 Å². The molecule has 0 aromatic heterocycles. The summed E-state index contributed by atoms with van der Waals surface area (Å²) in [5.41, 5.74) is 5.44. The van der Waals surface area contributed by atoms with Gasteiger partial charge in [-0.2, -0.15) is 0 Å². The summed E-state index contributed by atoms with van der Waals surface area (Å²) in [5.74, 6) is -0.0476. The number of likely N-dealkylation sites (tertiary alicyclic amines) is 1. The minimum absolute atomic E-state index is 0.0476. The van der Waals surface area contributed by atoms with Crippen LogP contribution in [0.25, 0.3) is 0 Å². The Kier molecular flexibility index (Phi) is 5.65. The molecular weight excluding hydrogens is 190 g/mol. The predicted molar refractivity (Wildman–Crippen MR) is 61.6 cm³/mol. The van der Waals surface area contributed by atoms with Crippen LogP contribution in [-0.2, 0) is 4.79 Å². The van der Waals surface area contributed by atoms with E-state index in [0.717, 1.165) is 19.5 Å².